The van der Waals surface area contributed by atoms with E-state index in [0.29, 0.717) is 28.1 Å². The fourth-order valence-electron chi connectivity index (χ4n) is 2.75. The lowest BCUT2D eigenvalue weighted by atomic mass is 10.1. The highest BCUT2D eigenvalue weighted by molar-refractivity contribution is 8.26. The third-order valence-corrected chi connectivity index (χ3v) is 5.60. The van der Waals surface area contributed by atoms with Gasteiger partial charge in [0.2, 0.25) is 0 Å². The zero-order valence-electron chi connectivity index (χ0n) is 15.6. The first-order valence-electron chi connectivity index (χ1n) is 8.83. The Morgan fingerprint density at radius 2 is 1.93 bits per heavy atom. The zero-order chi connectivity index (χ0) is 19.9. The number of carbonyl (C=O) groups is 1. The molecule has 0 unspecified atom stereocenters. The molecule has 0 aromatic heterocycles. The predicted octanol–water partition coefficient (Wildman–Crippen LogP) is 4.70. The number of methoxy groups -OCH3 is 1. The summed E-state index contributed by atoms with van der Waals surface area (Å²) in [6.07, 6.45) is 4.25. The summed E-state index contributed by atoms with van der Waals surface area (Å²) in [5.41, 5.74) is 1.97. The van der Waals surface area contributed by atoms with Crippen LogP contribution in [0.3, 0.4) is 0 Å². The first-order chi connectivity index (χ1) is 13.6. The van der Waals surface area contributed by atoms with Crippen LogP contribution < -0.4 is 9.47 Å². The summed E-state index contributed by atoms with van der Waals surface area (Å²) in [6.45, 7) is 4.62. The molecule has 0 spiro atoms. The summed E-state index contributed by atoms with van der Waals surface area (Å²) in [6, 6.07) is 15.4. The number of amides is 1. The largest absolute Gasteiger partial charge is 0.497 e. The van der Waals surface area contributed by atoms with Crippen LogP contribution in [-0.2, 0) is 11.2 Å². The molecule has 1 aliphatic rings. The third-order valence-electron chi connectivity index (χ3n) is 4.22. The highest BCUT2D eigenvalue weighted by Gasteiger charge is 2.31. The summed E-state index contributed by atoms with van der Waals surface area (Å²) in [5.74, 6) is 1.46. The van der Waals surface area contributed by atoms with Gasteiger partial charge >= 0.3 is 0 Å². The minimum Gasteiger partial charge on any atom is -0.497 e. The lowest BCUT2D eigenvalue weighted by Crippen LogP contribution is -2.30. The van der Waals surface area contributed by atoms with Crippen LogP contribution in [0.25, 0.3) is 6.08 Å². The molecular weight excluding hydrogens is 390 g/mol. The number of carbonyl (C=O) groups excluding carboxylic acids is 1. The average Bonchev–Trinajstić information content (AvgIpc) is 2.99. The average molecular weight is 412 g/mol. The van der Waals surface area contributed by atoms with Crippen molar-refractivity contribution in [2.75, 3.05) is 20.3 Å². The van der Waals surface area contributed by atoms with Gasteiger partial charge in [0, 0.05) is 12.1 Å². The second-order valence-corrected chi connectivity index (χ2v) is 7.74. The smallest absolute Gasteiger partial charge is 0.266 e. The van der Waals surface area contributed by atoms with Crippen LogP contribution in [-0.4, -0.2) is 35.4 Å². The first-order valence-corrected chi connectivity index (χ1v) is 10.1. The van der Waals surface area contributed by atoms with E-state index in [4.69, 9.17) is 21.7 Å². The van der Waals surface area contributed by atoms with Gasteiger partial charge in [0.05, 0.1) is 12.0 Å². The predicted molar refractivity (Wildman–Crippen MR) is 119 cm³/mol. The summed E-state index contributed by atoms with van der Waals surface area (Å²) < 4.78 is 11.4. The van der Waals surface area contributed by atoms with Crippen molar-refractivity contribution in [2.45, 2.75) is 6.42 Å². The van der Waals surface area contributed by atoms with Crippen molar-refractivity contribution in [3.63, 3.8) is 0 Å². The topological polar surface area (TPSA) is 38.8 Å². The molecule has 0 aliphatic carbocycles. The number of thiocarbonyl (C=S) groups is 1. The number of rotatable bonds is 8. The molecular formula is C22H21NO3S2. The Balaban J connectivity index is 1.70. The highest BCUT2D eigenvalue weighted by Crippen LogP contribution is 2.34. The number of thioether (sulfide) groups is 1. The van der Waals surface area contributed by atoms with E-state index in [1.54, 1.807) is 18.1 Å². The first kappa shape index (κ1) is 20.2. The molecule has 1 fully saturated rings. The van der Waals surface area contributed by atoms with Crippen LogP contribution in [0.4, 0.5) is 0 Å². The number of ether oxygens (including phenoxy) is 2. The van der Waals surface area contributed by atoms with Gasteiger partial charge in [-0.05, 0) is 36.3 Å². The van der Waals surface area contributed by atoms with Crippen LogP contribution in [0.5, 0.6) is 11.5 Å². The zero-order valence-corrected chi connectivity index (χ0v) is 17.2. The van der Waals surface area contributed by atoms with Gasteiger partial charge in [-0.3, -0.25) is 9.69 Å². The van der Waals surface area contributed by atoms with Gasteiger partial charge in [-0.25, -0.2) is 0 Å². The van der Waals surface area contributed by atoms with E-state index in [-0.39, 0.29) is 5.91 Å². The molecule has 0 N–H and O–H groups in total. The second kappa shape index (κ2) is 9.57. The van der Waals surface area contributed by atoms with Gasteiger partial charge in [-0.2, -0.15) is 0 Å². The lowest BCUT2D eigenvalue weighted by Gasteiger charge is -2.14. The fourth-order valence-corrected chi connectivity index (χ4v) is 4.05. The maximum absolute atomic E-state index is 12.8. The van der Waals surface area contributed by atoms with Crippen LogP contribution >= 0.6 is 24.0 Å². The number of hydrogen-bond donors (Lipinski definition) is 0. The summed E-state index contributed by atoms with van der Waals surface area (Å²) >= 11 is 6.75. The Labute approximate surface area is 174 Å². The quantitative estimate of drug-likeness (QED) is 0.358. The molecule has 144 valence electrons. The van der Waals surface area contributed by atoms with Crippen molar-refractivity contribution in [1.82, 2.24) is 4.90 Å². The summed E-state index contributed by atoms with van der Waals surface area (Å²) in [7, 11) is 1.64. The molecule has 6 heteroatoms. The van der Waals surface area contributed by atoms with Gasteiger partial charge in [0.1, 0.15) is 22.4 Å². The van der Waals surface area contributed by atoms with Crippen LogP contribution in [0.2, 0.25) is 0 Å². The molecule has 0 bridgehead atoms. The monoisotopic (exact) mass is 411 g/mol. The molecule has 0 radical (unpaired) electrons. The fraction of sp³-hybridized carbons (Fsp3) is 0.182. The number of nitrogens with zero attached hydrogens (tertiary/aromatic N) is 1. The highest BCUT2D eigenvalue weighted by atomic mass is 32.2. The van der Waals surface area contributed by atoms with E-state index in [1.165, 1.54) is 11.8 Å². The maximum atomic E-state index is 12.8. The van der Waals surface area contributed by atoms with Crippen molar-refractivity contribution in [3.8, 4) is 11.5 Å². The van der Waals surface area contributed by atoms with E-state index in [2.05, 4.69) is 6.58 Å². The van der Waals surface area contributed by atoms with Crippen molar-refractivity contribution in [2.24, 2.45) is 0 Å². The van der Waals surface area contributed by atoms with E-state index in [1.807, 2.05) is 54.6 Å². The Kier molecular flexibility index (Phi) is 6.90. The van der Waals surface area contributed by atoms with Crippen LogP contribution in [0.15, 0.2) is 66.1 Å². The molecule has 1 aliphatic heterocycles. The van der Waals surface area contributed by atoms with Crippen molar-refractivity contribution in [1.29, 1.82) is 0 Å². The summed E-state index contributed by atoms with van der Waals surface area (Å²) in [4.78, 5) is 15.1. The molecule has 2 aromatic rings. The van der Waals surface area contributed by atoms with Crippen molar-refractivity contribution >= 4 is 40.3 Å². The molecule has 28 heavy (non-hydrogen) atoms. The number of hydrogen-bond acceptors (Lipinski definition) is 5. The molecule has 1 heterocycles. The molecule has 1 saturated heterocycles. The Hall–Kier alpha value is -2.57. The lowest BCUT2D eigenvalue weighted by molar-refractivity contribution is -0.122. The van der Waals surface area contributed by atoms with Gasteiger partial charge in [-0.15, -0.1) is 0 Å². The van der Waals surface area contributed by atoms with Crippen molar-refractivity contribution in [3.05, 3.63) is 77.2 Å². The summed E-state index contributed by atoms with van der Waals surface area (Å²) in [5, 5.41) is 0. The molecule has 1 amide bonds. The van der Waals surface area contributed by atoms with Gasteiger partial charge in [0.25, 0.3) is 5.91 Å². The molecule has 2 aromatic carbocycles. The van der Waals surface area contributed by atoms with E-state index >= 15 is 0 Å². The normalized spacial score (nSPS) is 15.2. The molecule has 0 atom stereocenters. The third kappa shape index (κ3) is 4.82. The Morgan fingerprint density at radius 1 is 1.18 bits per heavy atom. The maximum Gasteiger partial charge on any atom is 0.266 e. The minimum atomic E-state index is -0.0676. The van der Waals surface area contributed by atoms with Crippen LogP contribution in [0.1, 0.15) is 11.1 Å². The standard InChI is InChI=1S/C22H21NO3S2/c1-3-14-26-19-7-5-4-6-17(19)15-20-21(24)23(22(27)28-20)13-12-16-8-10-18(25-2)11-9-16/h3-11,15H,1,12-14H2,2H3. The van der Waals surface area contributed by atoms with E-state index in [9.17, 15) is 4.79 Å². The number of benzene rings is 2. The molecule has 0 saturated carbocycles. The Bertz CT molecular complexity index is 906. The molecule has 4 nitrogen and oxygen atoms in total. The number of para-hydroxylation sites is 1. The minimum absolute atomic E-state index is 0.0676. The van der Waals surface area contributed by atoms with Gasteiger partial charge in [0.15, 0.2) is 0 Å². The second-order valence-electron chi connectivity index (χ2n) is 6.07. The van der Waals surface area contributed by atoms with E-state index < -0.39 is 0 Å². The van der Waals surface area contributed by atoms with Gasteiger partial charge < -0.3 is 9.47 Å². The van der Waals surface area contributed by atoms with Gasteiger partial charge in [-0.1, -0.05) is 67.0 Å². The van der Waals surface area contributed by atoms with Crippen molar-refractivity contribution < 1.29 is 14.3 Å². The van der Waals surface area contributed by atoms with E-state index in [0.717, 1.165) is 23.3 Å². The Morgan fingerprint density at radius 3 is 2.64 bits per heavy atom. The van der Waals surface area contributed by atoms with Crippen LogP contribution in [0, 0.1) is 0 Å². The molecule has 3 rings (SSSR count). The SMILES string of the molecule is C=CCOc1ccccc1C=C1SC(=S)N(CCc2ccc(OC)cc2)C1=O.